The summed E-state index contributed by atoms with van der Waals surface area (Å²) >= 11 is 0. The van der Waals surface area contributed by atoms with E-state index in [0.29, 0.717) is 0 Å². The van der Waals surface area contributed by atoms with Gasteiger partial charge in [-0.1, -0.05) is 0 Å². The van der Waals surface area contributed by atoms with Crippen LogP contribution in [0, 0.1) is 0 Å². The quantitative estimate of drug-likeness (QED) is 0.564. The van der Waals surface area contributed by atoms with Crippen LogP contribution in [0.3, 0.4) is 0 Å². The Kier molecular flexibility index (Phi) is 2.80. The Morgan fingerprint density at radius 2 is 1.80 bits per heavy atom. The SMILES string of the molecule is COC(=O)c1cc(O)c(O)c(O)c(=O)c1. The number of carbonyl (C=O) groups excluding carboxylic acids is 1. The Morgan fingerprint density at radius 3 is 2.33 bits per heavy atom. The summed E-state index contributed by atoms with van der Waals surface area (Å²) in [5.74, 6) is -3.65. The van der Waals surface area contributed by atoms with Crippen molar-refractivity contribution in [2.75, 3.05) is 7.11 Å². The van der Waals surface area contributed by atoms with Crippen molar-refractivity contribution in [3.63, 3.8) is 0 Å². The van der Waals surface area contributed by atoms with Crippen molar-refractivity contribution in [2.24, 2.45) is 0 Å². The smallest absolute Gasteiger partial charge is 0.338 e. The molecule has 0 saturated carbocycles. The molecule has 0 saturated heterocycles. The van der Waals surface area contributed by atoms with E-state index >= 15 is 0 Å². The van der Waals surface area contributed by atoms with Gasteiger partial charge >= 0.3 is 5.97 Å². The first-order valence-corrected chi connectivity index (χ1v) is 3.85. The lowest BCUT2D eigenvalue weighted by atomic mass is 10.3. The molecule has 6 nitrogen and oxygen atoms in total. The molecule has 0 aliphatic carbocycles. The molecule has 0 aliphatic heterocycles. The molecule has 15 heavy (non-hydrogen) atoms. The molecule has 80 valence electrons. The van der Waals surface area contributed by atoms with Gasteiger partial charge < -0.3 is 20.1 Å². The minimum atomic E-state index is -1.03. The number of carbonyl (C=O) groups is 1. The minimum absolute atomic E-state index is 0.268. The maximum atomic E-state index is 11.1. The summed E-state index contributed by atoms with van der Waals surface area (Å²) in [6, 6.07) is 1.57. The Bertz CT molecular complexity index is 465. The lowest BCUT2D eigenvalue weighted by Crippen LogP contribution is -2.03. The average Bonchev–Trinajstić information content (AvgIpc) is 2.31. The number of rotatable bonds is 1. The van der Waals surface area contributed by atoms with Crippen molar-refractivity contribution < 1.29 is 24.9 Å². The van der Waals surface area contributed by atoms with Crippen LogP contribution < -0.4 is 5.43 Å². The third kappa shape index (κ3) is 1.98. The second kappa shape index (κ2) is 3.87. The molecule has 1 aromatic carbocycles. The van der Waals surface area contributed by atoms with Gasteiger partial charge in [0.2, 0.25) is 16.9 Å². The normalized spacial score (nSPS) is 9.67. The molecular weight excluding hydrogens is 204 g/mol. The van der Waals surface area contributed by atoms with Crippen LogP contribution in [-0.2, 0) is 4.74 Å². The summed E-state index contributed by atoms with van der Waals surface area (Å²) in [5.41, 5.74) is -1.26. The Morgan fingerprint density at radius 1 is 1.20 bits per heavy atom. The average molecular weight is 212 g/mol. The molecule has 0 fully saturated rings. The molecule has 0 bridgehead atoms. The van der Waals surface area contributed by atoms with Crippen LogP contribution in [0.2, 0.25) is 0 Å². The largest absolute Gasteiger partial charge is 0.504 e. The van der Waals surface area contributed by atoms with Gasteiger partial charge in [-0.25, -0.2) is 4.79 Å². The van der Waals surface area contributed by atoms with Gasteiger partial charge in [-0.2, -0.15) is 0 Å². The maximum absolute atomic E-state index is 11.1. The maximum Gasteiger partial charge on any atom is 0.338 e. The highest BCUT2D eigenvalue weighted by atomic mass is 16.5. The molecule has 0 atom stereocenters. The van der Waals surface area contributed by atoms with Gasteiger partial charge in [-0.05, 0) is 6.07 Å². The number of hydrogen-bond donors (Lipinski definition) is 3. The van der Waals surface area contributed by atoms with Crippen LogP contribution in [0.1, 0.15) is 10.4 Å². The van der Waals surface area contributed by atoms with Crippen LogP contribution in [0.15, 0.2) is 16.9 Å². The fourth-order valence-electron chi connectivity index (χ4n) is 0.941. The van der Waals surface area contributed by atoms with E-state index in [2.05, 4.69) is 4.74 Å². The summed E-state index contributed by atoms with van der Waals surface area (Å²) in [7, 11) is 1.09. The van der Waals surface area contributed by atoms with Crippen molar-refractivity contribution in [1.82, 2.24) is 0 Å². The molecule has 0 aliphatic rings. The molecule has 0 unspecified atom stereocenters. The number of aromatic hydroxyl groups is 3. The highest BCUT2D eigenvalue weighted by Gasteiger charge is 2.13. The van der Waals surface area contributed by atoms with Crippen molar-refractivity contribution in [1.29, 1.82) is 0 Å². The Labute approximate surface area is 84.0 Å². The van der Waals surface area contributed by atoms with Crippen molar-refractivity contribution in [2.45, 2.75) is 0 Å². The van der Waals surface area contributed by atoms with Crippen molar-refractivity contribution in [3.05, 3.63) is 27.9 Å². The van der Waals surface area contributed by atoms with E-state index in [4.69, 9.17) is 15.3 Å². The number of ether oxygens (including phenoxy) is 1. The fourth-order valence-corrected chi connectivity index (χ4v) is 0.941. The molecule has 3 N–H and O–H groups in total. The van der Waals surface area contributed by atoms with E-state index in [9.17, 15) is 9.59 Å². The van der Waals surface area contributed by atoms with Gasteiger partial charge in [0.15, 0.2) is 5.75 Å². The lowest BCUT2D eigenvalue weighted by Gasteiger charge is -1.94. The summed E-state index contributed by atoms with van der Waals surface area (Å²) in [6.45, 7) is 0. The summed E-state index contributed by atoms with van der Waals surface area (Å²) < 4.78 is 4.32. The van der Waals surface area contributed by atoms with Gasteiger partial charge in [0.1, 0.15) is 0 Å². The molecule has 1 rings (SSSR count). The van der Waals surface area contributed by atoms with E-state index in [-0.39, 0.29) is 5.56 Å². The van der Waals surface area contributed by atoms with Gasteiger partial charge in [-0.3, -0.25) is 4.79 Å². The summed E-state index contributed by atoms with van der Waals surface area (Å²) in [5, 5.41) is 27.3. The van der Waals surface area contributed by atoms with Gasteiger partial charge in [0, 0.05) is 6.07 Å². The second-order valence-electron chi connectivity index (χ2n) is 2.68. The number of methoxy groups -OCH3 is 1. The van der Waals surface area contributed by atoms with E-state index in [1.54, 1.807) is 0 Å². The third-order valence-electron chi connectivity index (χ3n) is 1.70. The molecule has 1 aromatic rings. The topological polar surface area (TPSA) is 104 Å². The lowest BCUT2D eigenvalue weighted by molar-refractivity contribution is 0.0600. The van der Waals surface area contributed by atoms with Crippen LogP contribution in [0.25, 0.3) is 0 Å². The monoisotopic (exact) mass is 212 g/mol. The van der Waals surface area contributed by atoms with Crippen molar-refractivity contribution >= 4 is 5.97 Å². The Hall–Kier alpha value is -2.24. The van der Waals surface area contributed by atoms with Crippen LogP contribution >= 0.6 is 0 Å². The first-order valence-electron chi connectivity index (χ1n) is 3.85. The third-order valence-corrected chi connectivity index (χ3v) is 1.70. The number of hydrogen-bond acceptors (Lipinski definition) is 6. The van der Waals surface area contributed by atoms with Gasteiger partial charge in [-0.15, -0.1) is 0 Å². The predicted molar refractivity (Wildman–Crippen MR) is 49.0 cm³/mol. The molecular formula is C9H8O6. The highest BCUT2D eigenvalue weighted by molar-refractivity contribution is 5.89. The molecule has 0 spiro atoms. The van der Waals surface area contributed by atoms with E-state index < -0.39 is 28.6 Å². The minimum Gasteiger partial charge on any atom is -0.504 e. The van der Waals surface area contributed by atoms with E-state index in [1.807, 2.05) is 0 Å². The zero-order chi connectivity index (χ0) is 11.6. The summed E-state index contributed by atoms with van der Waals surface area (Å²) in [6.07, 6.45) is 0. The summed E-state index contributed by atoms with van der Waals surface area (Å²) in [4.78, 5) is 22.1. The predicted octanol–water partition coefficient (Wildman–Crippen LogP) is -0.0498. The van der Waals surface area contributed by atoms with Crippen molar-refractivity contribution in [3.8, 4) is 17.2 Å². The molecule has 0 amide bonds. The standard InChI is InChI=1S/C9H8O6/c1-15-9(14)4-2-5(10)7(12)8(13)6(11)3-4/h2-3H,1H3,(H3,10,11,12,13). The van der Waals surface area contributed by atoms with Crippen LogP contribution in [-0.4, -0.2) is 28.4 Å². The highest BCUT2D eigenvalue weighted by Crippen LogP contribution is 2.30. The molecule has 6 heteroatoms. The molecule has 0 aromatic heterocycles. The zero-order valence-corrected chi connectivity index (χ0v) is 7.72. The van der Waals surface area contributed by atoms with Crippen LogP contribution in [0.4, 0.5) is 0 Å². The Balaban J connectivity index is 3.57. The van der Waals surface area contributed by atoms with Crippen LogP contribution in [0.5, 0.6) is 17.2 Å². The zero-order valence-electron chi connectivity index (χ0n) is 7.72. The number of esters is 1. The van der Waals surface area contributed by atoms with E-state index in [0.717, 1.165) is 19.2 Å². The van der Waals surface area contributed by atoms with Gasteiger partial charge in [0.05, 0.1) is 12.7 Å². The van der Waals surface area contributed by atoms with E-state index in [1.165, 1.54) is 0 Å². The first kappa shape index (κ1) is 10.8. The van der Waals surface area contributed by atoms with Gasteiger partial charge in [0.25, 0.3) is 0 Å². The molecule has 0 heterocycles. The fraction of sp³-hybridized carbons (Fsp3) is 0.111. The molecule has 0 radical (unpaired) electrons. The second-order valence-corrected chi connectivity index (χ2v) is 2.68. The first-order chi connectivity index (χ1) is 6.97.